The summed E-state index contributed by atoms with van der Waals surface area (Å²) in [4.78, 5) is 24.0. The van der Waals surface area contributed by atoms with Crippen molar-refractivity contribution >= 4 is 11.8 Å². The van der Waals surface area contributed by atoms with E-state index >= 15 is 0 Å². The minimum atomic E-state index is -0.0724. The standard InChI is InChI=1S/C17H25N3O2/c1-2-8-19-16(21)13-5-3-4-12(9-13)11-20-17(22)14-6-7-15(18)10-14/h3-5,9,14-15H,2,6-8,10-11,18H2,1H3,(H,19,21)(H,20,22). The van der Waals surface area contributed by atoms with E-state index in [-0.39, 0.29) is 23.8 Å². The highest BCUT2D eigenvalue weighted by Crippen LogP contribution is 2.24. The second kappa shape index (κ2) is 7.94. The Hall–Kier alpha value is -1.88. The van der Waals surface area contributed by atoms with E-state index in [1.54, 1.807) is 6.07 Å². The molecule has 0 spiro atoms. The first kappa shape index (κ1) is 16.5. The zero-order chi connectivity index (χ0) is 15.9. The van der Waals surface area contributed by atoms with Gasteiger partial charge in [-0.3, -0.25) is 9.59 Å². The Morgan fingerprint density at radius 2 is 2.09 bits per heavy atom. The number of hydrogen-bond donors (Lipinski definition) is 3. The normalized spacial score (nSPS) is 20.6. The number of nitrogens with two attached hydrogens (primary N) is 1. The third-order valence-electron chi connectivity index (χ3n) is 4.04. The number of carbonyl (C=O) groups is 2. The van der Waals surface area contributed by atoms with E-state index in [0.29, 0.717) is 18.7 Å². The fraction of sp³-hybridized carbons (Fsp3) is 0.529. The lowest BCUT2D eigenvalue weighted by molar-refractivity contribution is -0.125. The molecule has 1 saturated carbocycles. The van der Waals surface area contributed by atoms with Crippen LogP contribution in [0, 0.1) is 5.92 Å². The quantitative estimate of drug-likeness (QED) is 0.746. The molecule has 0 bridgehead atoms. The van der Waals surface area contributed by atoms with Crippen LogP contribution in [0.4, 0.5) is 0 Å². The van der Waals surface area contributed by atoms with E-state index in [9.17, 15) is 9.59 Å². The van der Waals surface area contributed by atoms with Gasteiger partial charge in [-0.05, 0) is 43.4 Å². The lowest BCUT2D eigenvalue weighted by Crippen LogP contribution is -2.30. The van der Waals surface area contributed by atoms with Crippen molar-refractivity contribution in [3.8, 4) is 0 Å². The Morgan fingerprint density at radius 3 is 2.77 bits per heavy atom. The maximum atomic E-state index is 12.1. The minimum Gasteiger partial charge on any atom is -0.352 e. The van der Waals surface area contributed by atoms with E-state index in [2.05, 4.69) is 10.6 Å². The van der Waals surface area contributed by atoms with Crippen LogP contribution in [0.1, 0.15) is 48.5 Å². The van der Waals surface area contributed by atoms with Gasteiger partial charge in [0.25, 0.3) is 5.91 Å². The molecule has 2 rings (SSSR count). The second-order valence-electron chi connectivity index (χ2n) is 5.94. The summed E-state index contributed by atoms with van der Waals surface area (Å²) in [6.45, 7) is 3.13. The summed E-state index contributed by atoms with van der Waals surface area (Å²) in [5.41, 5.74) is 7.40. The Labute approximate surface area is 131 Å². The largest absolute Gasteiger partial charge is 0.352 e. The van der Waals surface area contributed by atoms with Crippen molar-refractivity contribution < 1.29 is 9.59 Å². The van der Waals surface area contributed by atoms with Crippen LogP contribution >= 0.6 is 0 Å². The maximum absolute atomic E-state index is 12.1. The van der Waals surface area contributed by atoms with Crippen molar-refractivity contribution in [2.75, 3.05) is 6.54 Å². The van der Waals surface area contributed by atoms with E-state index < -0.39 is 0 Å². The van der Waals surface area contributed by atoms with Gasteiger partial charge in [0, 0.05) is 30.6 Å². The lowest BCUT2D eigenvalue weighted by Gasteiger charge is -2.11. The molecule has 1 aliphatic carbocycles. The summed E-state index contributed by atoms with van der Waals surface area (Å²) >= 11 is 0. The number of amides is 2. The zero-order valence-corrected chi connectivity index (χ0v) is 13.1. The van der Waals surface area contributed by atoms with Crippen LogP contribution in [-0.2, 0) is 11.3 Å². The number of benzene rings is 1. The average molecular weight is 303 g/mol. The molecule has 1 aromatic rings. The van der Waals surface area contributed by atoms with Crippen molar-refractivity contribution in [1.82, 2.24) is 10.6 Å². The van der Waals surface area contributed by atoms with Gasteiger partial charge in [-0.25, -0.2) is 0 Å². The van der Waals surface area contributed by atoms with Gasteiger partial charge < -0.3 is 16.4 Å². The first-order valence-corrected chi connectivity index (χ1v) is 8.00. The topological polar surface area (TPSA) is 84.2 Å². The summed E-state index contributed by atoms with van der Waals surface area (Å²) in [5, 5.41) is 5.79. The highest BCUT2D eigenvalue weighted by atomic mass is 16.2. The monoisotopic (exact) mass is 303 g/mol. The Morgan fingerprint density at radius 1 is 1.27 bits per heavy atom. The molecule has 0 aromatic heterocycles. The predicted molar refractivity (Wildman–Crippen MR) is 86.2 cm³/mol. The van der Waals surface area contributed by atoms with E-state index in [1.165, 1.54) is 0 Å². The van der Waals surface area contributed by atoms with Crippen LogP contribution < -0.4 is 16.4 Å². The van der Waals surface area contributed by atoms with Crippen molar-refractivity contribution in [2.45, 2.75) is 45.2 Å². The SMILES string of the molecule is CCCNC(=O)c1cccc(CNC(=O)C2CCC(N)C2)c1. The minimum absolute atomic E-state index is 0.0334. The molecule has 0 saturated heterocycles. The fourth-order valence-corrected chi connectivity index (χ4v) is 2.75. The molecule has 1 aliphatic rings. The van der Waals surface area contributed by atoms with Crippen LogP contribution in [0.3, 0.4) is 0 Å². The van der Waals surface area contributed by atoms with Gasteiger partial charge in [-0.1, -0.05) is 19.1 Å². The van der Waals surface area contributed by atoms with Crippen molar-refractivity contribution in [3.63, 3.8) is 0 Å². The number of hydrogen-bond acceptors (Lipinski definition) is 3. The van der Waals surface area contributed by atoms with Gasteiger partial charge in [0.2, 0.25) is 5.91 Å². The third kappa shape index (κ3) is 4.56. The molecule has 0 aliphatic heterocycles. The van der Waals surface area contributed by atoms with Crippen LogP contribution in [-0.4, -0.2) is 24.4 Å². The van der Waals surface area contributed by atoms with Crippen molar-refractivity contribution in [1.29, 1.82) is 0 Å². The van der Waals surface area contributed by atoms with Gasteiger partial charge in [-0.2, -0.15) is 0 Å². The summed E-state index contributed by atoms with van der Waals surface area (Å²) in [5.74, 6) is 0.0246. The predicted octanol–water partition coefficient (Wildman–Crippen LogP) is 1.57. The molecule has 5 heteroatoms. The molecule has 0 heterocycles. The molecule has 22 heavy (non-hydrogen) atoms. The van der Waals surface area contributed by atoms with Gasteiger partial charge >= 0.3 is 0 Å². The molecule has 4 N–H and O–H groups in total. The summed E-state index contributed by atoms with van der Waals surface area (Å²) in [7, 11) is 0. The Kier molecular flexibility index (Phi) is 5.95. The molecule has 1 fully saturated rings. The molecule has 1 aromatic carbocycles. The van der Waals surface area contributed by atoms with Gasteiger partial charge in [0.15, 0.2) is 0 Å². The lowest BCUT2D eigenvalue weighted by atomic mass is 10.1. The van der Waals surface area contributed by atoms with E-state index in [1.807, 2.05) is 25.1 Å². The Balaban J connectivity index is 1.87. The fourth-order valence-electron chi connectivity index (χ4n) is 2.75. The second-order valence-corrected chi connectivity index (χ2v) is 5.94. The molecular formula is C17H25N3O2. The zero-order valence-electron chi connectivity index (χ0n) is 13.1. The van der Waals surface area contributed by atoms with Crippen LogP contribution in [0.2, 0.25) is 0 Å². The molecule has 5 nitrogen and oxygen atoms in total. The van der Waals surface area contributed by atoms with Crippen molar-refractivity contribution in [3.05, 3.63) is 35.4 Å². The van der Waals surface area contributed by atoms with Gasteiger partial charge in [0.1, 0.15) is 0 Å². The first-order valence-electron chi connectivity index (χ1n) is 8.00. The molecule has 120 valence electrons. The summed E-state index contributed by atoms with van der Waals surface area (Å²) < 4.78 is 0. The summed E-state index contributed by atoms with van der Waals surface area (Å²) in [6, 6.07) is 7.52. The Bertz CT molecular complexity index is 530. The first-order chi connectivity index (χ1) is 10.6. The van der Waals surface area contributed by atoms with E-state index in [0.717, 1.165) is 31.2 Å². The van der Waals surface area contributed by atoms with E-state index in [4.69, 9.17) is 5.73 Å². The van der Waals surface area contributed by atoms with Crippen LogP contribution in [0.25, 0.3) is 0 Å². The molecule has 2 unspecified atom stereocenters. The maximum Gasteiger partial charge on any atom is 0.251 e. The highest BCUT2D eigenvalue weighted by Gasteiger charge is 2.27. The van der Waals surface area contributed by atoms with Gasteiger partial charge in [-0.15, -0.1) is 0 Å². The molecular weight excluding hydrogens is 278 g/mol. The molecule has 2 atom stereocenters. The summed E-state index contributed by atoms with van der Waals surface area (Å²) in [6.07, 6.45) is 3.47. The van der Waals surface area contributed by atoms with Crippen LogP contribution in [0.15, 0.2) is 24.3 Å². The van der Waals surface area contributed by atoms with Gasteiger partial charge in [0.05, 0.1) is 0 Å². The highest BCUT2D eigenvalue weighted by molar-refractivity contribution is 5.94. The number of nitrogens with one attached hydrogen (secondary N) is 2. The van der Waals surface area contributed by atoms with Crippen molar-refractivity contribution in [2.24, 2.45) is 11.7 Å². The molecule has 2 amide bonds. The third-order valence-corrected chi connectivity index (χ3v) is 4.04. The molecule has 0 radical (unpaired) electrons. The number of rotatable bonds is 6. The smallest absolute Gasteiger partial charge is 0.251 e. The average Bonchev–Trinajstić information content (AvgIpc) is 2.97. The van der Waals surface area contributed by atoms with Crippen LogP contribution in [0.5, 0.6) is 0 Å². The number of carbonyl (C=O) groups excluding carboxylic acids is 2.